The summed E-state index contributed by atoms with van der Waals surface area (Å²) >= 11 is 0. The number of rotatable bonds is 79. The van der Waals surface area contributed by atoms with E-state index < -0.39 is 97.5 Å². The SMILES string of the molecule is CCCCCCCCCCCCCCCCCCCCCCCC(=O)O[C@H](COC(=O)CCCCCCCCCCCCCCCCC(C)C)COP(=O)(O)OC[C@@H](O)COP(=O)(O)OC[C@@H](COC(=O)CCCCCCCCCC(C)C)OC(=O)CCCCCCCCCCC(C)CC. The maximum absolute atomic E-state index is 13.1. The molecule has 0 aliphatic heterocycles. The summed E-state index contributed by atoms with van der Waals surface area (Å²) in [7, 11) is -9.92. The van der Waals surface area contributed by atoms with E-state index in [9.17, 15) is 43.2 Å². The number of hydrogen-bond donors (Lipinski definition) is 3. The minimum Gasteiger partial charge on any atom is -0.462 e. The highest BCUT2D eigenvalue weighted by atomic mass is 31.2. The molecule has 0 aromatic carbocycles. The fourth-order valence-corrected chi connectivity index (χ4v) is 14.0. The number of aliphatic hydroxyl groups is 1. The third kappa shape index (κ3) is 73.0. The zero-order valence-corrected chi connectivity index (χ0v) is 67.5. The van der Waals surface area contributed by atoms with Crippen LogP contribution in [0.3, 0.4) is 0 Å². The maximum Gasteiger partial charge on any atom is 0.472 e. The Labute approximate surface area is 613 Å². The maximum atomic E-state index is 13.1. The molecule has 0 heterocycles. The van der Waals surface area contributed by atoms with Gasteiger partial charge >= 0.3 is 39.5 Å². The highest BCUT2D eigenvalue weighted by molar-refractivity contribution is 7.47. The lowest BCUT2D eigenvalue weighted by Gasteiger charge is -2.21. The number of carbonyl (C=O) groups is 4. The Morgan fingerprint density at radius 2 is 0.510 bits per heavy atom. The summed E-state index contributed by atoms with van der Waals surface area (Å²) in [4.78, 5) is 73.0. The molecule has 100 heavy (non-hydrogen) atoms. The summed E-state index contributed by atoms with van der Waals surface area (Å²) in [6.45, 7) is 11.9. The third-order valence-corrected chi connectivity index (χ3v) is 21.1. The predicted molar refractivity (Wildman–Crippen MR) is 409 cm³/mol. The van der Waals surface area contributed by atoms with E-state index in [-0.39, 0.29) is 25.7 Å². The number of aliphatic hydroxyl groups excluding tert-OH is 1. The molecule has 594 valence electrons. The van der Waals surface area contributed by atoms with Crippen molar-refractivity contribution >= 4 is 39.5 Å². The Balaban J connectivity index is 5.22. The molecule has 0 aliphatic carbocycles. The van der Waals surface area contributed by atoms with Gasteiger partial charge in [0.15, 0.2) is 12.2 Å². The lowest BCUT2D eigenvalue weighted by Crippen LogP contribution is -2.30. The number of phosphoric acid groups is 2. The Hall–Kier alpha value is -1.94. The van der Waals surface area contributed by atoms with Gasteiger partial charge in [0.05, 0.1) is 26.4 Å². The molecule has 0 spiro atoms. The van der Waals surface area contributed by atoms with Crippen molar-refractivity contribution in [2.75, 3.05) is 39.6 Å². The molecule has 19 heteroatoms. The van der Waals surface area contributed by atoms with Crippen molar-refractivity contribution in [3.05, 3.63) is 0 Å². The highest BCUT2D eigenvalue weighted by Gasteiger charge is 2.30. The van der Waals surface area contributed by atoms with Crippen molar-refractivity contribution in [2.24, 2.45) is 17.8 Å². The van der Waals surface area contributed by atoms with Crippen molar-refractivity contribution < 1.29 is 80.2 Å². The Morgan fingerprint density at radius 1 is 0.290 bits per heavy atom. The van der Waals surface area contributed by atoms with Gasteiger partial charge in [-0.3, -0.25) is 37.3 Å². The predicted octanol–water partition coefficient (Wildman–Crippen LogP) is 24.1. The lowest BCUT2D eigenvalue weighted by molar-refractivity contribution is -0.161. The van der Waals surface area contributed by atoms with Crippen LogP contribution in [-0.4, -0.2) is 96.7 Å². The van der Waals surface area contributed by atoms with Gasteiger partial charge < -0.3 is 33.8 Å². The molecule has 0 amide bonds. The van der Waals surface area contributed by atoms with Crippen LogP contribution in [0.1, 0.15) is 421 Å². The van der Waals surface area contributed by atoms with Gasteiger partial charge in [-0.05, 0) is 43.4 Å². The number of unbranched alkanes of at least 4 members (excludes halogenated alkanes) is 46. The fourth-order valence-electron chi connectivity index (χ4n) is 12.5. The van der Waals surface area contributed by atoms with Crippen LogP contribution in [0.5, 0.6) is 0 Å². The van der Waals surface area contributed by atoms with E-state index in [1.54, 1.807) is 0 Å². The second-order valence-electron chi connectivity index (χ2n) is 30.4. The van der Waals surface area contributed by atoms with Gasteiger partial charge in [0.25, 0.3) is 0 Å². The first-order valence-electron chi connectivity index (χ1n) is 41.9. The first kappa shape index (κ1) is 98.1. The fraction of sp³-hybridized carbons (Fsp3) is 0.951. The largest absolute Gasteiger partial charge is 0.472 e. The molecule has 3 unspecified atom stereocenters. The molecule has 0 bridgehead atoms. The van der Waals surface area contributed by atoms with E-state index in [1.807, 2.05) is 0 Å². The smallest absolute Gasteiger partial charge is 0.462 e. The number of hydrogen-bond acceptors (Lipinski definition) is 15. The topological polar surface area (TPSA) is 237 Å². The molecule has 0 aromatic rings. The summed E-state index contributed by atoms with van der Waals surface area (Å²) in [6, 6.07) is 0. The van der Waals surface area contributed by atoms with Crippen molar-refractivity contribution in [2.45, 2.75) is 439 Å². The van der Waals surface area contributed by atoms with Gasteiger partial charge in [-0.1, -0.05) is 370 Å². The van der Waals surface area contributed by atoms with Gasteiger partial charge in [0, 0.05) is 25.7 Å². The molecule has 0 fully saturated rings. The minimum absolute atomic E-state index is 0.104. The van der Waals surface area contributed by atoms with Gasteiger partial charge in [-0.15, -0.1) is 0 Å². The molecule has 0 saturated carbocycles. The summed E-state index contributed by atoms with van der Waals surface area (Å²) in [6.07, 6.45) is 59.9. The summed E-state index contributed by atoms with van der Waals surface area (Å²) in [5.74, 6) is 0.159. The van der Waals surface area contributed by atoms with Crippen LogP contribution in [0, 0.1) is 17.8 Å². The number of esters is 4. The van der Waals surface area contributed by atoms with Crippen molar-refractivity contribution in [1.82, 2.24) is 0 Å². The van der Waals surface area contributed by atoms with E-state index in [0.29, 0.717) is 31.6 Å². The van der Waals surface area contributed by atoms with Crippen LogP contribution in [0.4, 0.5) is 0 Å². The van der Waals surface area contributed by atoms with Crippen molar-refractivity contribution in [1.29, 1.82) is 0 Å². The van der Waals surface area contributed by atoms with Gasteiger partial charge in [-0.2, -0.15) is 0 Å². The molecular weight excluding hydrogens is 1310 g/mol. The number of ether oxygens (including phenoxy) is 4. The van der Waals surface area contributed by atoms with E-state index in [2.05, 4.69) is 48.5 Å². The second kappa shape index (κ2) is 71.3. The molecule has 17 nitrogen and oxygen atoms in total. The lowest BCUT2D eigenvalue weighted by atomic mass is 9.99. The molecule has 0 aromatic heterocycles. The van der Waals surface area contributed by atoms with Crippen molar-refractivity contribution in [3.63, 3.8) is 0 Å². The van der Waals surface area contributed by atoms with Crippen LogP contribution in [-0.2, 0) is 65.4 Å². The quantitative estimate of drug-likeness (QED) is 0.0222. The van der Waals surface area contributed by atoms with Crippen LogP contribution >= 0.6 is 15.6 Å². The van der Waals surface area contributed by atoms with E-state index in [4.69, 9.17) is 37.0 Å². The van der Waals surface area contributed by atoms with Crippen LogP contribution in [0.15, 0.2) is 0 Å². The molecule has 3 N–H and O–H groups in total. The van der Waals surface area contributed by atoms with E-state index in [1.165, 1.54) is 225 Å². The monoisotopic (exact) mass is 1470 g/mol. The summed E-state index contributed by atoms with van der Waals surface area (Å²) in [5, 5.41) is 10.6. The Morgan fingerprint density at radius 3 is 0.760 bits per heavy atom. The normalized spacial score (nSPS) is 14.2. The van der Waals surface area contributed by atoms with Gasteiger partial charge in [0.2, 0.25) is 0 Å². The Bertz CT molecular complexity index is 1940. The van der Waals surface area contributed by atoms with Crippen LogP contribution in [0.2, 0.25) is 0 Å². The zero-order chi connectivity index (χ0) is 73.7. The summed E-state index contributed by atoms with van der Waals surface area (Å²) in [5.41, 5.74) is 0. The highest BCUT2D eigenvalue weighted by Crippen LogP contribution is 2.45. The standard InChI is InChI=1S/C81H158O17P2/c1-8-10-11-12-13-14-15-16-17-18-19-20-21-22-23-28-31-34-42-50-57-64-80(85)97-76(68-91-78(83)62-55-48-41-33-30-27-25-24-26-29-32-38-45-52-59-72(3)4)70-95-99(87,88)93-66-75(82)67-94-100(89,90)96-71-77(69-92-79(84)63-56-49-44-37-39-46-53-60-73(5)6)98-81(86)65-58-51-43-36-35-40-47-54-61-74(7)9-2/h72-77,82H,8-71H2,1-7H3,(H,87,88)(H,89,90)/t74?,75-,76-,77-/m1/s1. The molecular formula is C81H158O17P2. The van der Waals surface area contributed by atoms with E-state index in [0.717, 1.165) is 108 Å². The van der Waals surface area contributed by atoms with E-state index >= 15 is 0 Å². The zero-order valence-electron chi connectivity index (χ0n) is 65.7. The minimum atomic E-state index is -4.96. The Kier molecular flexibility index (Phi) is 69.9. The molecule has 0 rings (SSSR count). The number of phosphoric ester groups is 2. The summed E-state index contributed by atoms with van der Waals surface area (Å²) < 4.78 is 68.7. The average molecular weight is 1470 g/mol. The average Bonchev–Trinajstić information content (AvgIpc) is 0.936. The number of carbonyl (C=O) groups excluding carboxylic acids is 4. The van der Waals surface area contributed by atoms with Crippen LogP contribution in [0.25, 0.3) is 0 Å². The second-order valence-corrected chi connectivity index (χ2v) is 33.3. The van der Waals surface area contributed by atoms with Crippen LogP contribution < -0.4 is 0 Å². The first-order valence-corrected chi connectivity index (χ1v) is 44.9. The third-order valence-electron chi connectivity index (χ3n) is 19.2. The van der Waals surface area contributed by atoms with Crippen molar-refractivity contribution in [3.8, 4) is 0 Å². The van der Waals surface area contributed by atoms with Gasteiger partial charge in [0.1, 0.15) is 19.3 Å². The first-order chi connectivity index (χ1) is 48.3. The molecule has 6 atom stereocenters. The molecule has 0 saturated heterocycles. The molecule has 0 aliphatic rings. The van der Waals surface area contributed by atoms with Gasteiger partial charge in [-0.25, -0.2) is 9.13 Å². The molecule has 0 radical (unpaired) electrons.